The quantitative estimate of drug-likeness (QED) is 0.750. The summed E-state index contributed by atoms with van der Waals surface area (Å²) in [5, 5.41) is 0. The Kier molecular flexibility index (Phi) is 3.60. The number of methoxy groups -OCH3 is 1. The fraction of sp³-hybridized carbons (Fsp3) is 0.385. The molecule has 18 heavy (non-hydrogen) atoms. The van der Waals surface area contributed by atoms with Gasteiger partial charge in [-0.05, 0) is 25.0 Å². The van der Waals surface area contributed by atoms with Gasteiger partial charge in [0.1, 0.15) is 11.9 Å². The van der Waals surface area contributed by atoms with Crippen LogP contribution in [-0.4, -0.2) is 36.5 Å². The Balaban J connectivity index is 2.23. The molecule has 0 N–H and O–H groups in total. The van der Waals surface area contributed by atoms with Crippen molar-refractivity contribution in [3.8, 4) is 0 Å². The van der Waals surface area contributed by atoms with Gasteiger partial charge in [0.15, 0.2) is 0 Å². The molecule has 1 aliphatic heterocycles. The molecule has 5 heteroatoms. The molecular weight excluding hydrogens is 237 g/mol. The predicted octanol–water partition coefficient (Wildman–Crippen LogP) is 1.60. The Morgan fingerprint density at radius 2 is 2.11 bits per heavy atom. The molecule has 2 rings (SSSR count). The van der Waals surface area contributed by atoms with Crippen LogP contribution in [0.1, 0.15) is 23.2 Å². The number of hydrogen-bond acceptors (Lipinski definition) is 3. The fourth-order valence-electron chi connectivity index (χ4n) is 2.18. The molecule has 0 aliphatic carbocycles. The van der Waals surface area contributed by atoms with Crippen LogP contribution in [0, 0.1) is 5.82 Å². The lowest BCUT2D eigenvalue weighted by Crippen LogP contribution is -2.41. The average molecular weight is 251 g/mol. The van der Waals surface area contributed by atoms with E-state index in [0.717, 1.165) is 6.42 Å². The van der Waals surface area contributed by atoms with Crippen LogP contribution < -0.4 is 0 Å². The van der Waals surface area contributed by atoms with E-state index in [-0.39, 0.29) is 5.56 Å². The highest BCUT2D eigenvalue weighted by atomic mass is 19.1. The highest BCUT2D eigenvalue weighted by Crippen LogP contribution is 2.22. The maximum atomic E-state index is 13.5. The van der Waals surface area contributed by atoms with Crippen molar-refractivity contribution >= 4 is 11.9 Å². The fourth-order valence-corrected chi connectivity index (χ4v) is 2.18. The van der Waals surface area contributed by atoms with Gasteiger partial charge < -0.3 is 9.64 Å². The predicted molar refractivity (Wildman–Crippen MR) is 62.5 cm³/mol. The van der Waals surface area contributed by atoms with E-state index in [4.69, 9.17) is 0 Å². The third-order valence-corrected chi connectivity index (χ3v) is 3.09. The van der Waals surface area contributed by atoms with Crippen molar-refractivity contribution in [3.63, 3.8) is 0 Å². The van der Waals surface area contributed by atoms with Crippen molar-refractivity contribution in [2.24, 2.45) is 0 Å². The van der Waals surface area contributed by atoms with E-state index < -0.39 is 23.7 Å². The zero-order valence-corrected chi connectivity index (χ0v) is 10.1. The summed E-state index contributed by atoms with van der Waals surface area (Å²) in [6.07, 6.45) is 1.28. The molecule has 1 fully saturated rings. The molecule has 0 unspecified atom stereocenters. The van der Waals surface area contributed by atoms with Gasteiger partial charge in [0.05, 0.1) is 12.7 Å². The van der Waals surface area contributed by atoms with Gasteiger partial charge in [-0.3, -0.25) is 4.79 Å². The van der Waals surface area contributed by atoms with Crippen molar-refractivity contribution < 1.29 is 18.7 Å². The molecule has 96 valence electrons. The molecule has 1 aliphatic rings. The first-order valence-corrected chi connectivity index (χ1v) is 5.78. The Morgan fingerprint density at radius 1 is 1.39 bits per heavy atom. The third-order valence-electron chi connectivity index (χ3n) is 3.09. The van der Waals surface area contributed by atoms with Crippen LogP contribution in [0.5, 0.6) is 0 Å². The molecular formula is C13H14FNO3. The van der Waals surface area contributed by atoms with Gasteiger partial charge >= 0.3 is 5.97 Å². The summed E-state index contributed by atoms with van der Waals surface area (Å²) in [6, 6.07) is 5.18. The number of benzene rings is 1. The van der Waals surface area contributed by atoms with E-state index in [1.807, 2.05) is 0 Å². The van der Waals surface area contributed by atoms with Gasteiger partial charge in [-0.1, -0.05) is 12.1 Å². The van der Waals surface area contributed by atoms with Crippen molar-refractivity contribution in [1.82, 2.24) is 4.90 Å². The van der Waals surface area contributed by atoms with Crippen LogP contribution in [0.4, 0.5) is 4.39 Å². The molecule has 0 spiro atoms. The average Bonchev–Trinajstić information content (AvgIpc) is 2.86. The standard InChI is InChI=1S/C13H14FNO3/c1-18-13(17)11-7-4-8-15(11)12(16)9-5-2-3-6-10(9)14/h2-3,5-6,11H,4,7-8H2,1H3/t11-/m0/s1. The first kappa shape index (κ1) is 12.5. The van der Waals surface area contributed by atoms with Crippen LogP contribution in [0.3, 0.4) is 0 Å². The summed E-state index contributed by atoms with van der Waals surface area (Å²) in [5.41, 5.74) is -0.00620. The van der Waals surface area contributed by atoms with E-state index in [1.54, 1.807) is 6.07 Å². The van der Waals surface area contributed by atoms with Gasteiger partial charge in [0.25, 0.3) is 5.91 Å². The molecule has 1 heterocycles. The lowest BCUT2D eigenvalue weighted by molar-refractivity contribution is -0.145. The Morgan fingerprint density at radius 3 is 2.78 bits per heavy atom. The zero-order chi connectivity index (χ0) is 13.1. The molecule has 4 nitrogen and oxygen atoms in total. The third kappa shape index (κ3) is 2.20. The second-order valence-corrected chi connectivity index (χ2v) is 4.16. The molecule has 1 aromatic carbocycles. The highest BCUT2D eigenvalue weighted by Gasteiger charge is 2.35. The van der Waals surface area contributed by atoms with Crippen molar-refractivity contribution in [1.29, 1.82) is 0 Å². The summed E-state index contributed by atoms with van der Waals surface area (Å²) < 4.78 is 18.2. The monoisotopic (exact) mass is 251 g/mol. The highest BCUT2D eigenvalue weighted by molar-refractivity contribution is 5.97. The summed E-state index contributed by atoms with van der Waals surface area (Å²) in [6.45, 7) is 0.451. The largest absolute Gasteiger partial charge is 0.467 e. The zero-order valence-electron chi connectivity index (χ0n) is 10.1. The smallest absolute Gasteiger partial charge is 0.328 e. The van der Waals surface area contributed by atoms with Crippen LogP contribution in [-0.2, 0) is 9.53 Å². The molecule has 0 saturated carbocycles. The minimum atomic E-state index is -0.595. The molecule has 1 saturated heterocycles. The second-order valence-electron chi connectivity index (χ2n) is 4.16. The molecule has 0 aromatic heterocycles. The van der Waals surface area contributed by atoms with E-state index in [9.17, 15) is 14.0 Å². The first-order chi connectivity index (χ1) is 8.65. The number of carbonyl (C=O) groups excluding carboxylic acids is 2. The number of carbonyl (C=O) groups is 2. The molecule has 0 radical (unpaired) electrons. The Labute approximate surface area is 104 Å². The van der Waals surface area contributed by atoms with Crippen LogP contribution in [0.25, 0.3) is 0 Å². The molecule has 0 bridgehead atoms. The number of hydrogen-bond donors (Lipinski definition) is 0. The van der Waals surface area contributed by atoms with E-state index >= 15 is 0 Å². The minimum Gasteiger partial charge on any atom is -0.467 e. The molecule has 1 amide bonds. The molecule has 1 aromatic rings. The van der Waals surface area contributed by atoms with Crippen LogP contribution in [0.2, 0.25) is 0 Å². The second kappa shape index (κ2) is 5.16. The van der Waals surface area contributed by atoms with E-state index in [2.05, 4.69) is 4.74 Å². The van der Waals surface area contributed by atoms with Gasteiger partial charge in [-0.2, -0.15) is 0 Å². The normalized spacial score (nSPS) is 18.8. The van der Waals surface area contributed by atoms with Crippen LogP contribution in [0.15, 0.2) is 24.3 Å². The van der Waals surface area contributed by atoms with Gasteiger partial charge in [-0.25, -0.2) is 9.18 Å². The number of ether oxygens (including phenoxy) is 1. The summed E-state index contributed by atoms with van der Waals surface area (Å²) in [5.74, 6) is -1.48. The number of nitrogens with zero attached hydrogens (tertiary/aromatic N) is 1. The lowest BCUT2D eigenvalue weighted by atomic mass is 10.1. The van der Waals surface area contributed by atoms with Gasteiger partial charge in [-0.15, -0.1) is 0 Å². The first-order valence-electron chi connectivity index (χ1n) is 5.78. The van der Waals surface area contributed by atoms with Crippen molar-refractivity contribution in [2.45, 2.75) is 18.9 Å². The summed E-state index contributed by atoms with van der Waals surface area (Å²) in [7, 11) is 1.28. The minimum absolute atomic E-state index is 0.00620. The number of esters is 1. The van der Waals surface area contributed by atoms with Crippen molar-refractivity contribution in [2.75, 3.05) is 13.7 Å². The summed E-state index contributed by atoms with van der Waals surface area (Å²) in [4.78, 5) is 25.1. The lowest BCUT2D eigenvalue weighted by Gasteiger charge is -2.22. The SMILES string of the molecule is COC(=O)[C@@H]1CCCN1C(=O)c1ccccc1F. The van der Waals surface area contributed by atoms with Gasteiger partial charge in [0, 0.05) is 6.54 Å². The Hall–Kier alpha value is -1.91. The van der Waals surface area contributed by atoms with E-state index in [1.165, 1.54) is 30.2 Å². The van der Waals surface area contributed by atoms with Crippen LogP contribution >= 0.6 is 0 Å². The Bertz CT molecular complexity index is 475. The summed E-state index contributed by atoms with van der Waals surface area (Å²) >= 11 is 0. The van der Waals surface area contributed by atoms with E-state index in [0.29, 0.717) is 13.0 Å². The number of likely N-dealkylation sites (tertiary alicyclic amines) is 1. The maximum Gasteiger partial charge on any atom is 0.328 e. The number of halogens is 1. The number of rotatable bonds is 2. The molecule has 1 atom stereocenters. The maximum absolute atomic E-state index is 13.5. The van der Waals surface area contributed by atoms with Crippen molar-refractivity contribution in [3.05, 3.63) is 35.6 Å². The number of amides is 1. The van der Waals surface area contributed by atoms with Gasteiger partial charge in [0.2, 0.25) is 0 Å². The topological polar surface area (TPSA) is 46.6 Å².